The molecule has 3 aromatic rings. The minimum absolute atomic E-state index is 0.204. The molecule has 4 rings (SSSR count). The van der Waals surface area contributed by atoms with E-state index >= 15 is 0 Å². The predicted octanol–water partition coefficient (Wildman–Crippen LogP) is 6.49. The van der Waals surface area contributed by atoms with E-state index in [0.717, 1.165) is 6.42 Å². The van der Waals surface area contributed by atoms with Crippen molar-refractivity contribution in [3.63, 3.8) is 0 Å². The molecule has 1 aliphatic heterocycles. The fraction of sp³-hybridized carbons (Fsp3) is 0.522. The first-order valence-electron chi connectivity index (χ1n) is 22.7. The van der Waals surface area contributed by atoms with Gasteiger partial charge in [-0.25, -0.2) is 15.0 Å². The van der Waals surface area contributed by atoms with Crippen LogP contribution >= 0.6 is 17.1 Å². The van der Waals surface area contributed by atoms with Crippen LogP contribution in [0.25, 0.3) is 0 Å². The summed E-state index contributed by atoms with van der Waals surface area (Å²) in [6.07, 6.45) is 6.20. The first kappa shape index (κ1) is 61.0. The van der Waals surface area contributed by atoms with Crippen LogP contribution in [-0.4, -0.2) is 110 Å². The van der Waals surface area contributed by atoms with Gasteiger partial charge in [-0.15, -0.1) is 0 Å². The topological polar surface area (TPSA) is 236 Å². The fourth-order valence-corrected chi connectivity index (χ4v) is 7.75. The highest BCUT2D eigenvalue weighted by Gasteiger charge is 2.30. The lowest BCUT2D eigenvalue weighted by atomic mass is 10.2. The Labute approximate surface area is 402 Å². The summed E-state index contributed by atoms with van der Waals surface area (Å²) in [5.41, 5.74) is -0.969. The van der Waals surface area contributed by atoms with Gasteiger partial charge in [0, 0.05) is 45.2 Å². The molecule has 0 radical (unpaired) electrons. The highest BCUT2D eigenvalue weighted by Crippen LogP contribution is 2.38. The standard InChI is InChI=1S/C22H34N3O7P.C20H26N3O7P.2C2H6/c1-5-15-30-22(28)18(2)24-33(32-19-9-7-6-8-10-19)31-16-20(29-4)11-13-25(3)14-12-21(27)23-17-26;1-3-27-19(25)14(2)22-31(30-15-7-5-4-6-8-15)28-13-16-9-10-18(29-16)23-12-11-17(24)21-20(23)26;2*1-2/h6-10,12,14,17-18,20,24H,5,11,13,15-16H2,1-4H3,(H,23,26,27);4-8,11-12,14,16,18,22H,3,9-10,13H2,1-2H3,(H,21,24,26);2*1-2H3/b14-12-;;;. The van der Waals surface area contributed by atoms with Crippen molar-refractivity contribution in [1.82, 2.24) is 29.9 Å². The SMILES string of the molecule is CC.CC.CCCOC(=O)C(C)NP(OCC(CCN(C)/C=C\C(=O)NC=O)OC)Oc1ccccc1.CCOC(=O)C(C)NP(OCC1CCC(n2ccc(=O)[nH]c2=O)O1)Oc1ccccc1. The Bertz CT molecular complexity index is 1980. The van der Waals surface area contributed by atoms with Crippen molar-refractivity contribution in [3.8, 4) is 11.5 Å². The molecule has 1 saturated heterocycles. The lowest BCUT2D eigenvalue weighted by Crippen LogP contribution is -2.34. The highest BCUT2D eigenvalue weighted by molar-refractivity contribution is 7.45. The van der Waals surface area contributed by atoms with Crippen LogP contribution in [0.15, 0.2) is 94.8 Å². The third-order valence-electron chi connectivity index (χ3n) is 8.72. The van der Waals surface area contributed by atoms with E-state index in [0.29, 0.717) is 50.3 Å². The van der Waals surface area contributed by atoms with E-state index in [2.05, 4.69) is 15.2 Å². The molecule has 68 heavy (non-hydrogen) atoms. The van der Waals surface area contributed by atoms with Crippen LogP contribution in [0.4, 0.5) is 0 Å². The number of aromatic amines is 1. The number of imide groups is 1. The van der Waals surface area contributed by atoms with Crippen molar-refractivity contribution in [2.75, 3.05) is 47.1 Å². The van der Waals surface area contributed by atoms with Gasteiger partial charge in [-0.1, -0.05) is 71.0 Å². The summed E-state index contributed by atoms with van der Waals surface area (Å²) in [4.78, 5) is 72.9. The first-order chi connectivity index (χ1) is 32.8. The highest BCUT2D eigenvalue weighted by atomic mass is 31.2. The van der Waals surface area contributed by atoms with Crippen molar-refractivity contribution >= 4 is 41.3 Å². The zero-order valence-electron chi connectivity index (χ0n) is 40.9. The molecular formula is C46H72N6O14P2. The lowest BCUT2D eigenvalue weighted by molar-refractivity contribution is -0.145. The first-order valence-corrected chi connectivity index (χ1v) is 25.0. The molecule has 2 heterocycles. The molecule has 2 amide bonds. The Balaban J connectivity index is 0.000000634. The molecule has 0 saturated carbocycles. The quantitative estimate of drug-likeness (QED) is 0.0276. The van der Waals surface area contributed by atoms with Crippen LogP contribution in [-0.2, 0) is 47.2 Å². The Morgan fingerprint density at radius 2 is 1.44 bits per heavy atom. The van der Waals surface area contributed by atoms with Crippen LogP contribution in [0.3, 0.4) is 0 Å². The molecule has 7 atom stereocenters. The van der Waals surface area contributed by atoms with E-state index < -0.39 is 58.5 Å². The van der Waals surface area contributed by atoms with Gasteiger partial charge in [0.05, 0.1) is 38.6 Å². The van der Waals surface area contributed by atoms with E-state index in [9.17, 15) is 28.8 Å². The lowest BCUT2D eigenvalue weighted by Gasteiger charge is -2.24. The predicted molar refractivity (Wildman–Crippen MR) is 262 cm³/mol. The molecule has 2 aromatic carbocycles. The molecule has 1 aromatic heterocycles. The second-order valence-corrected chi connectivity index (χ2v) is 16.3. The molecule has 380 valence electrons. The van der Waals surface area contributed by atoms with Gasteiger partial charge in [0.15, 0.2) is 0 Å². The molecule has 0 spiro atoms. The Morgan fingerprint density at radius 1 is 0.868 bits per heavy atom. The van der Waals surface area contributed by atoms with E-state index in [1.54, 1.807) is 70.3 Å². The number of amides is 2. The Morgan fingerprint density at radius 3 is 1.97 bits per heavy atom. The number of para-hydroxylation sites is 2. The number of hydrogen-bond acceptors (Lipinski definition) is 17. The van der Waals surface area contributed by atoms with Crippen molar-refractivity contribution < 1.29 is 56.2 Å². The van der Waals surface area contributed by atoms with E-state index in [1.165, 1.54) is 22.9 Å². The van der Waals surface area contributed by atoms with Crippen molar-refractivity contribution in [3.05, 3.63) is 106 Å². The molecule has 0 aliphatic carbocycles. The molecule has 7 unspecified atom stereocenters. The Hall–Kier alpha value is -5.04. The second kappa shape index (κ2) is 36.9. The number of aromatic nitrogens is 2. The van der Waals surface area contributed by atoms with Gasteiger partial charge < -0.3 is 41.9 Å². The minimum atomic E-state index is -1.66. The van der Waals surface area contributed by atoms with Crippen LogP contribution in [0.5, 0.6) is 11.5 Å². The zero-order chi connectivity index (χ0) is 50.7. The fourth-order valence-electron chi connectivity index (χ4n) is 5.31. The van der Waals surface area contributed by atoms with Crippen molar-refractivity contribution in [2.45, 2.75) is 112 Å². The largest absolute Gasteiger partial charge is 0.465 e. The van der Waals surface area contributed by atoms with E-state index in [1.807, 2.05) is 76.3 Å². The molecular weight excluding hydrogens is 922 g/mol. The molecule has 1 fully saturated rings. The van der Waals surface area contributed by atoms with Gasteiger partial charge in [0.25, 0.3) is 11.5 Å². The molecule has 20 nitrogen and oxygen atoms in total. The maximum Gasteiger partial charge on any atom is 0.330 e. The molecule has 1 aliphatic rings. The summed E-state index contributed by atoms with van der Waals surface area (Å²) in [6.45, 7) is 16.7. The molecule has 22 heteroatoms. The van der Waals surface area contributed by atoms with Gasteiger partial charge in [-0.2, -0.15) is 0 Å². The third kappa shape index (κ3) is 25.4. The molecule has 0 bridgehead atoms. The van der Waals surface area contributed by atoms with E-state index in [4.69, 9.17) is 37.0 Å². The number of carbonyl (C=O) groups excluding carboxylic acids is 4. The summed E-state index contributed by atoms with van der Waals surface area (Å²) in [5, 5.41) is 8.12. The Kier molecular flexibility index (Phi) is 33.1. The number of H-pyrrole nitrogens is 1. The molecule has 4 N–H and O–H groups in total. The number of carbonyl (C=O) groups is 4. The average Bonchev–Trinajstić information content (AvgIpc) is 3.82. The smallest absolute Gasteiger partial charge is 0.330 e. The number of ether oxygens (including phenoxy) is 4. The monoisotopic (exact) mass is 994 g/mol. The number of hydrogen-bond donors (Lipinski definition) is 4. The number of nitrogens with one attached hydrogen (secondary N) is 4. The maximum absolute atomic E-state index is 12.1. The summed E-state index contributed by atoms with van der Waals surface area (Å²) in [5.74, 6) is -0.0606. The van der Waals surface area contributed by atoms with Gasteiger partial charge in [-0.3, -0.25) is 38.8 Å². The van der Waals surface area contributed by atoms with Crippen LogP contribution in [0.1, 0.15) is 87.3 Å². The van der Waals surface area contributed by atoms with Crippen LogP contribution in [0, 0.1) is 0 Å². The van der Waals surface area contributed by atoms with Crippen LogP contribution in [0.2, 0.25) is 0 Å². The summed E-state index contributed by atoms with van der Waals surface area (Å²) < 4.78 is 46.7. The summed E-state index contributed by atoms with van der Waals surface area (Å²) in [6, 6.07) is 18.4. The second-order valence-electron chi connectivity index (χ2n) is 13.9. The average molecular weight is 995 g/mol. The van der Waals surface area contributed by atoms with Crippen LogP contribution < -0.4 is 35.8 Å². The van der Waals surface area contributed by atoms with E-state index in [-0.39, 0.29) is 38.0 Å². The number of esters is 2. The normalized spacial score (nSPS) is 16.0. The van der Waals surface area contributed by atoms with Crippen molar-refractivity contribution in [2.24, 2.45) is 0 Å². The number of rotatable bonds is 27. The maximum atomic E-state index is 12.1. The number of methoxy groups -OCH3 is 1. The minimum Gasteiger partial charge on any atom is -0.465 e. The summed E-state index contributed by atoms with van der Waals surface area (Å²) in [7, 11) is 0.0699. The van der Waals surface area contributed by atoms with Gasteiger partial charge >= 0.3 is 34.7 Å². The number of nitrogens with zero attached hydrogens (tertiary/aromatic N) is 2. The van der Waals surface area contributed by atoms with Gasteiger partial charge in [-0.05, 0) is 70.7 Å². The number of benzene rings is 2. The zero-order valence-corrected chi connectivity index (χ0v) is 42.7. The van der Waals surface area contributed by atoms with Gasteiger partial charge in [0.1, 0.15) is 29.8 Å². The summed E-state index contributed by atoms with van der Waals surface area (Å²) >= 11 is 0. The third-order valence-corrected chi connectivity index (χ3v) is 11.4. The van der Waals surface area contributed by atoms with Crippen molar-refractivity contribution in [1.29, 1.82) is 0 Å². The van der Waals surface area contributed by atoms with Gasteiger partial charge in [0.2, 0.25) is 6.41 Å².